The fraction of sp³-hybridized carbons (Fsp3) is 0.385. The molecule has 0 radical (unpaired) electrons. The van der Waals surface area contributed by atoms with Crippen LogP contribution in [0.3, 0.4) is 0 Å². The summed E-state index contributed by atoms with van der Waals surface area (Å²) in [5.41, 5.74) is 7.39. The molecule has 0 amide bonds. The molecule has 2 aromatic carbocycles. The Morgan fingerprint density at radius 1 is 0.741 bits per heavy atom. The van der Waals surface area contributed by atoms with Crippen molar-refractivity contribution in [3.05, 3.63) is 86.5 Å². The van der Waals surface area contributed by atoms with Crippen LogP contribution < -0.4 is 0 Å². The highest BCUT2D eigenvalue weighted by atomic mass is 127. The minimum Gasteiger partial charge on any atom is -0.0633 e. The highest BCUT2D eigenvalue weighted by Gasteiger charge is 2.20. The van der Waals surface area contributed by atoms with Crippen LogP contribution in [0.15, 0.2) is 64.3 Å². The van der Waals surface area contributed by atoms with Crippen molar-refractivity contribution < 1.29 is 0 Å². The first-order valence-corrected chi connectivity index (χ1v) is 10.9. The van der Waals surface area contributed by atoms with E-state index >= 15 is 0 Å². The number of halogens is 1. The van der Waals surface area contributed by atoms with Crippen molar-refractivity contribution in [1.29, 1.82) is 0 Å². The van der Waals surface area contributed by atoms with Gasteiger partial charge in [-0.1, -0.05) is 96.1 Å². The molecule has 0 aliphatic heterocycles. The van der Waals surface area contributed by atoms with E-state index in [-0.39, 0.29) is 10.8 Å². The Morgan fingerprint density at radius 2 is 1.22 bits per heavy atom. The van der Waals surface area contributed by atoms with Gasteiger partial charge >= 0.3 is 0 Å². The molecular formula is C26H31I. The molecule has 0 nitrogen and oxygen atoms in total. The van der Waals surface area contributed by atoms with Gasteiger partial charge in [0, 0.05) is 9.50 Å². The van der Waals surface area contributed by atoms with Gasteiger partial charge in [0.15, 0.2) is 0 Å². The molecule has 0 heterocycles. The molecule has 0 fully saturated rings. The monoisotopic (exact) mass is 470 g/mol. The van der Waals surface area contributed by atoms with E-state index in [9.17, 15) is 0 Å². The number of benzene rings is 2. The fourth-order valence-corrected chi connectivity index (χ4v) is 4.40. The molecule has 0 aromatic heterocycles. The van der Waals surface area contributed by atoms with Gasteiger partial charge in [0.05, 0.1) is 0 Å². The van der Waals surface area contributed by atoms with Crippen molar-refractivity contribution in [2.45, 2.75) is 64.7 Å². The van der Waals surface area contributed by atoms with Gasteiger partial charge in [-0.2, -0.15) is 0 Å². The van der Waals surface area contributed by atoms with E-state index < -0.39 is 0 Å². The lowest BCUT2D eigenvalue weighted by Gasteiger charge is -2.24. The van der Waals surface area contributed by atoms with Crippen LogP contribution in [-0.2, 0) is 10.8 Å². The summed E-state index contributed by atoms with van der Waals surface area (Å²) in [4.78, 5) is 0. The summed E-state index contributed by atoms with van der Waals surface area (Å²) < 4.78 is 1.33. The Balaban J connectivity index is 1.84. The zero-order valence-corrected chi connectivity index (χ0v) is 19.6. The van der Waals surface area contributed by atoms with E-state index in [0.717, 1.165) is 6.42 Å². The van der Waals surface area contributed by atoms with Crippen molar-refractivity contribution in [1.82, 2.24) is 0 Å². The van der Waals surface area contributed by atoms with E-state index in [1.54, 1.807) is 0 Å². The first kappa shape index (κ1) is 20.4. The summed E-state index contributed by atoms with van der Waals surface area (Å²) in [6, 6.07) is 18.4. The zero-order valence-electron chi connectivity index (χ0n) is 17.4. The predicted octanol–water partition coefficient (Wildman–Crippen LogP) is 8.17. The van der Waals surface area contributed by atoms with Gasteiger partial charge in [0.2, 0.25) is 0 Å². The molecule has 142 valence electrons. The summed E-state index contributed by atoms with van der Waals surface area (Å²) in [6.07, 6.45) is 5.81. The van der Waals surface area contributed by atoms with Gasteiger partial charge in [0.25, 0.3) is 0 Å². The number of hydrogen-bond donors (Lipinski definition) is 0. The largest absolute Gasteiger partial charge is 0.0633 e. The van der Waals surface area contributed by atoms with Gasteiger partial charge in [-0.15, -0.1) is 0 Å². The summed E-state index contributed by atoms with van der Waals surface area (Å²) in [6.45, 7) is 13.6. The summed E-state index contributed by atoms with van der Waals surface area (Å²) in [5, 5.41) is 0. The third kappa shape index (κ3) is 4.93. The maximum atomic E-state index is 2.46. The molecular weight excluding hydrogens is 439 g/mol. The molecule has 0 spiro atoms. The molecule has 1 heteroatoms. The van der Waals surface area contributed by atoms with E-state index in [1.165, 1.54) is 31.4 Å². The van der Waals surface area contributed by atoms with Gasteiger partial charge in [-0.3, -0.25) is 0 Å². The van der Waals surface area contributed by atoms with Crippen LogP contribution in [0.1, 0.15) is 76.1 Å². The SMILES string of the molecule is CC(C)(C)c1ccc(C2=CC(I)=CC(c3ccc(C(C)(C)C)cc3)C2)cc1. The van der Waals surface area contributed by atoms with E-state index in [1.807, 2.05) is 0 Å². The Hall–Kier alpha value is -1.35. The van der Waals surface area contributed by atoms with Crippen molar-refractivity contribution in [3.63, 3.8) is 0 Å². The molecule has 27 heavy (non-hydrogen) atoms. The van der Waals surface area contributed by atoms with Gasteiger partial charge in [0.1, 0.15) is 0 Å². The van der Waals surface area contributed by atoms with Crippen LogP contribution in [-0.4, -0.2) is 0 Å². The second kappa shape index (κ2) is 7.58. The second-order valence-electron chi connectivity index (χ2n) is 9.73. The highest BCUT2D eigenvalue weighted by Crippen LogP contribution is 2.38. The van der Waals surface area contributed by atoms with Crippen molar-refractivity contribution in [2.75, 3.05) is 0 Å². The van der Waals surface area contributed by atoms with Crippen molar-refractivity contribution in [2.24, 2.45) is 0 Å². The lowest BCUT2D eigenvalue weighted by atomic mass is 9.82. The summed E-state index contributed by atoms with van der Waals surface area (Å²) in [7, 11) is 0. The van der Waals surface area contributed by atoms with E-state index in [0.29, 0.717) is 5.92 Å². The molecule has 1 aliphatic carbocycles. The van der Waals surface area contributed by atoms with E-state index in [2.05, 4.69) is 125 Å². The number of rotatable bonds is 2. The Morgan fingerprint density at radius 3 is 1.70 bits per heavy atom. The summed E-state index contributed by atoms with van der Waals surface area (Å²) >= 11 is 2.46. The minimum absolute atomic E-state index is 0.200. The van der Waals surface area contributed by atoms with Gasteiger partial charge < -0.3 is 0 Å². The van der Waals surface area contributed by atoms with Crippen LogP contribution in [0, 0.1) is 0 Å². The molecule has 0 N–H and O–H groups in total. The fourth-order valence-electron chi connectivity index (χ4n) is 3.59. The number of hydrogen-bond acceptors (Lipinski definition) is 0. The van der Waals surface area contributed by atoms with E-state index in [4.69, 9.17) is 0 Å². The van der Waals surface area contributed by atoms with Crippen molar-refractivity contribution in [3.8, 4) is 0 Å². The van der Waals surface area contributed by atoms with Crippen LogP contribution in [0.5, 0.6) is 0 Å². The smallest absolute Gasteiger partial charge is 0.00992 e. The summed E-state index contributed by atoms with van der Waals surface area (Å²) in [5.74, 6) is 0.452. The maximum absolute atomic E-state index is 2.46. The predicted molar refractivity (Wildman–Crippen MR) is 128 cm³/mol. The highest BCUT2D eigenvalue weighted by molar-refractivity contribution is 14.1. The molecule has 0 saturated heterocycles. The Kier molecular flexibility index (Phi) is 5.72. The standard InChI is InChI=1S/C26H31I/c1-25(2,3)22-11-7-18(8-12-22)20-15-21(17-24(27)16-20)19-9-13-23(14-10-19)26(4,5)6/h7-14,16-17,20H,15H2,1-6H3. The lowest BCUT2D eigenvalue weighted by molar-refractivity contribution is 0.589. The van der Waals surface area contributed by atoms with Crippen molar-refractivity contribution >= 4 is 28.2 Å². The quantitative estimate of drug-likeness (QED) is 0.389. The molecule has 1 unspecified atom stereocenters. The molecule has 3 rings (SSSR count). The number of allylic oxidation sites excluding steroid dienone is 4. The van der Waals surface area contributed by atoms with Gasteiger partial charge in [-0.05, 0) is 73.7 Å². The minimum atomic E-state index is 0.200. The van der Waals surface area contributed by atoms with Gasteiger partial charge in [-0.25, -0.2) is 0 Å². The first-order chi connectivity index (χ1) is 12.5. The van der Waals surface area contributed by atoms with Crippen LogP contribution >= 0.6 is 22.6 Å². The first-order valence-electron chi connectivity index (χ1n) is 9.83. The average Bonchev–Trinajstić information content (AvgIpc) is 2.60. The third-order valence-electron chi connectivity index (χ3n) is 5.44. The molecule has 0 saturated carbocycles. The second-order valence-corrected chi connectivity index (χ2v) is 11.0. The molecule has 2 aromatic rings. The maximum Gasteiger partial charge on any atom is 0.00992 e. The molecule has 0 bridgehead atoms. The lowest BCUT2D eigenvalue weighted by Crippen LogP contribution is -2.11. The van der Waals surface area contributed by atoms with Crippen LogP contribution in [0.2, 0.25) is 0 Å². The Labute approximate surface area is 178 Å². The third-order valence-corrected chi connectivity index (χ3v) is 6.11. The molecule has 1 aliphatic rings. The molecule has 1 atom stereocenters. The van der Waals surface area contributed by atoms with Crippen LogP contribution in [0.4, 0.5) is 0 Å². The normalized spacial score (nSPS) is 18.1. The van der Waals surface area contributed by atoms with Crippen LogP contribution in [0.25, 0.3) is 5.57 Å². The average molecular weight is 470 g/mol. The zero-order chi connectivity index (χ0) is 19.8. The topological polar surface area (TPSA) is 0 Å². The Bertz CT molecular complexity index is 850.